The molecule has 0 bridgehead atoms. The molecule has 51 heavy (non-hydrogen) atoms. The van der Waals surface area contributed by atoms with Gasteiger partial charge in [0.05, 0.1) is 22.1 Å². The molecule has 0 atom stereocenters. The maximum atomic E-state index is 4.78. The van der Waals surface area contributed by atoms with Gasteiger partial charge in [-0.15, -0.1) is 0 Å². The highest BCUT2D eigenvalue weighted by atomic mass is 32.1. The zero-order valence-electron chi connectivity index (χ0n) is 28.9. The highest BCUT2D eigenvalue weighted by Crippen LogP contribution is 2.29. The molecule has 4 aromatic carbocycles. The maximum Gasteiger partial charge on any atom is 0.190 e. The van der Waals surface area contributed by atoms with Crippen molar-refractivity contribution in [2.45, 2.75) is 46.5 Å². The van der Waals surface area contributed by atoms with Gasteiger partial charge in [-0.1, -0.05) is 97.4 Å². The monoisotopic (exact) mass is 703 g/mol. The van der Waals surface area contributed by atoms with Gasteiger partial charge >= 0.3 is 0 Å². The van der Waals surface area contributed by atoms with Crippen LogP contribution in [0, 0.1) is 13.8 Å². The van der Waals surface area contributed by atoms with Crippen molar-refractivity contribution in [1.29, 1.82) is 0 Å². The van der Waals surface area contributed by atoms with Crippen molar-refractivity contribution in [3.63, 3.8) is 0 Å². The van der Waals surface area contributed by atoms with Crippen molar-refractivity contribution < 1.29 is 0 Å². The highest BCUT2D eigenvalue weighted by molar-refractivity contribution is 7.19. The Bertz CT molecular complexity index is 2380. The summed E-state index contributed by atoms with van der Waals surface area (Å²) in [7, 11) is 0. The second-order valence-corrected chi connectivity index (χ2v) is 14.9. The summed E-state index contributed by atoms with van der Waals surface area (Å²) < 4.78 is 0. The van der Waals surface area contributed by atoms with Gasteiger partial charge in [0.2, 0.25) is 0 Å². The number of thiazole rings is 2. The molecule has 8 aromatic rings. The molecule has 0 aliphatic carbocycles. The molecular weight excluding hydrogens is 667 g/mol. The molecule has 0 radical (unpaired) electrons. The maximum absolute atomic E-state index is 4.78. The molecule has 0 aliphatic rings. The lowest BCUT2D eigenvalue weighted by molar-refractivity contribution is 0.668. The Kier molecular flexibility index (Phi) is 9.30. The summed E-state index contributed by atoms with van der Waals surface area (Å²) >= 11 is 3.13. The quantitative estimate of drug-likeness (QED) is 0.124. The van der Waals surface area contributed by atoms with Gasteiger partial charge in [0.15, 0.2) is 21.0 Å². The molecule has 0 amide bonds. The average Bonchev–Trinajstić information content (AvgIpc) is 3.74. The predicted molar refractivity (Wildman–Crippen MR) is 217 cm³/mol. The largest absolute Gasteiger partial charge is 0.341 e. The number of hydrogen-bond donors (Lipinski definition) is 0. The molecule has 8 rings (SSSR count). The van der Waals surface area contributed by atoms with Gasteiger partial charge in [0.1, 0.15) is 10.0 Å². The van der Waals surface area contributed by atoms with Crippen molar-refractivity contribution in [1.82, 2.24) is 29.9 Å². The van der Waals surface area contributed by atoms with E-state index in [2.05, 4.69) is 123 Å². The Morgan fingerprint density at radius 2 is 1.00 bits per heavy atom. The van der Waals surface area contributed by atoms with E-state index in [4.69, 9.17) is 29.9 Å². The van der Waals surface area contributed by atoms with E-state index in [1.165, 1.54) is 41.8 Å². The van der Waals surface area contributed by atoms with Crippen LogP contribution in [0.25, 0.3) is 67.3 Å². The number of benzene rings is 4. The van der Waals surface area contributed by atoms with Crippen molar-refractivity contribution >= 4 is 101 Å². The fourth-order valence-electron chi connectivity index (χ4n) is 6.13. The molecule has 7 nitrogen and oxygen atoms in total. The number of aromatic nitrogens is 6. The van der Waals surface area contributed by atoms with Gasteiger partial charge < -0.3 is 4.90 Å². The van der Waals surface area contributed by atoms with Gasteiger partial charge in [0.25, 0.3) is 0 Å². The standard InChI is InChI=1S/C42H37N7S2/c1-4-5-6-7-24-49(31-16-10-29(11-17-31)14-22-37-47-39-41(50-37)45-33-20-8-27(2)25-35(33)43-39)32-18-12-30(13-19-32)15-23-38-48-40-42(51-38)46-34-21-9-28(3)26-36(34)44-40/h8-23,25-26H,4-7,24H2,1-3H3/b22-14+,23-15+. The second-order valence-electron chi connectivity index (χ2n) is 12.9. The van der Waals surface area contributed by atoms with Crippen LogP contribution in [0.1, 0.15) is 64.9 Å². The minimum Gasteiger partial charge on any atom is -0.341 e. The number of fused-ring (bicyclic) bond motifs is 4. The summed E-state index contributed by atoms with van der Waals surface area (Å²) in [5.41, 5.74) is 11.9. The zero-order chi connectivity index (χ0) is 34.7. The van der Waals surface area contributed by atoms with Crippen LogP contribution in [0.5, 0.6) is 0 Å². The normalized spacial score (nSPS) is 12.1. The average molecular weight is 704 g/mol. The first-order chi connectivity index (χ1) is 25.0. The minimum absolute atomic E-state index is 0.698. The number of anilines is 2. The van der Waals surface area contributed by atoms with Crippen LogP contribution in [-0.2, 0) is 0 Å². The molecular formula is C42H37N7S2. The third kappa shape index (κ3) is 7.41. The molecule has 0 unspecified atom stereocenters. The molecule has 4 aromatic heterocycles. The molecule has 252 valence electrons. The fraction of sp³-hybridized carbons (Fsp3) is 0.190. The predicted octanol–water partition coefficient (Wildman–Crippen LogP) is 11.5. The molecule has 0 aliphatic heterocycles. The van der Waals surface area contributed by atoms with Gasteiger partial charge in [-0.25, -0.2) is 29.9 Å². The van der Waals surface area contributed by atoms with Gasteiger partial charge in [-0.3, -0.25) is 0 Å². The summed E-state index contributed by atoms with van der Waals surface area (Å²) in [5.74, 6) is 0. The van der Waals surface area contributed by atoms with Crippen LogP contribution >= 0.6 is 22.7 Å². The van der Waals surface area contributed by atoms with Crippen LogP contribution in [0.3, 0.4) is 0 Å². The fourth-order valence-corrected chi connectivity index (χ4v) is 7.71. The number of hydrogen-bond acceptors (Lipinski definition) is 9. The molecule has 9 heteroatoms. The Labute approximate surface area is 305 Å². The van der Waals surface area contributed by atoms with Crippen LogP contribution in [0.2, 0.25) is 0 Å². The summed E-state index contributed by atoms with van der Waals surface area (Å²) in [6.07, 6.45) is 13.2. The molecule has 0 saturated heterocycles. The van der Waals surface area contributed by atoms with Crippen LogP contribution in [-0.4, -0.2) is 36.4 Å². The van der Waals surface area contributed by atoms with E-state index < -0.39 is 0 Å². The van der Waals surface area contributed by atoms with E-state index >= 15 is 0 Å². The van der Waals surface area contributed by atoms with E-state index in [-0.39, 0.29) is 0 Å². The summed E-state index contributed by atoms with van der Waals surface area (Å²) in [6, 6.07) is 29.8. The lowest BCUT2D eigenvalue weighted by Gasteiger charge is -2.25. The lowest BCUT2D eigenvalue weighted by atomic mass is 10.1. The first kappa shape index (κ1) is 32.8. The molecule has 0 spiro atoms. The van der Waals surface area contributed by atoms with E-state index in [9.17, 15) is 0 Å². The number of nitrogens with zero attached hydrogens (tertiary/aromatic N) is 7. The third-order valence-electron chi connectivity index (χ3n) is 8.86. The Morgan fingerprint density at radius 1 is 0.510 bits per heavy atom. The molecule has 0 fully saturated rings. The van der Waals surface area contributed by atoms with Crippen molar-refractivity contribution in [2.24, 2.45) is 0 Å². The van der Waals surface area contributed by atoms with E-state index in [0.29, 0.717) is 11.3 Å². The zero-order valence-corrected chi connectivity index (χ0v) is 30.5. The number of aryl methyl sites for hydroxylation is 2. The van der Waals surface area contributed by atoms with Crippen molar-refractivity contribution in [2.75, 3.05) is 11.4 Å². The summed E-state index contributed by atoms with van der Waals surface area (Å²) in [6.45, 7) is 7.35. The van der Waals surface area contributed by atoms with Crippen LogP contribution < -0.4 is 4.90 Å². The minimum atomic E-state index is 0.698. The topological polar surface area (TPSA) is 80.6 Å². The molecule has 0 saturated carbocycles. The first-order valence-corrected chi connectivity index (χ1v) is 19.0. The SMILES string of the molecule is CCCCCCN(c1ccc(/C=C/c2nc3nc4cc(C)ccc4nc3s2)cc1)c1ccc(/C=C/c2nc3nc4cc(C)ccc4nc3s2)cc1. The first-order valence-electron chi connectivity index (χ1n) is 17.4. The molecule has 0 N–H and O–H groups in total. The smallest absolute Gasteiger partial charge is 0.190 e. The van der Waals surface area contributed by atoms with Crippen molar-refractivity contribution in [3.05, 3.63) is 117 Å². The Balaban J connectivity index is 0.982. The third-order valence-corrected chi connectivity index (χ3v) is 10.7. The number of unbranched alkanes of at least 4 members (excludes halogenated alkanes) is 3. The van der Waals surface area contributed by atoms with E-state index in [1.807, 2.05) is 12.1 Å². The van der Waals surface area contributed by atoms with Crippen molar-refractivity contribution in [3.8, 4) is 0 Å². The Morgan fingerprint density at radius 3 is 1.47 bits per heavy atom. The van der Waals surface area contributed by atoms with Gasteiger partial charge in [0, 0.05) is 17.9 Å². The number of rotatable bonds is 11. The van der Waals surface area contributed by atoms with Gasteiger partial charge in [-0.2, -0.15) is 0 Å². The second kappa shape index (κ2) is 14.5. The Hall–Kier alpha value is -5.38. The lowest BCUT2D eigenvalue weighted by Crippen LogP contribution is -2.18. The van der Waals surface area contributed by atoms with Crippen LogP contribution in [0.15, 0.2) is 84.9 Å². The summed E-state index contributed by atoms with van der Waals surface area (Å²) in [5, 5.41) is 1.79. The van der Waals surface area contributed by atoms with Crippen LogP contribution in [0.4, 0.5) is 11.4 Å². The molecule has 4 heterocycles. The summed E-state index contributed by atoms with van der Waals surface area (Å²) in [4.78, 5) is 32.7. The van der Waals surface area contributed by atoms with E-state index in [1.54, 1.807) is 22.7 Å². The van der Waals surface area contributed by atoms with Gasteiger partial charge in [-0.05, 0) is 103 Å². The highest BCUT2D eigenvalue weighted by Gasteiger charge is 2.11. The van der Waals surface area contributed by atoms with E-state index in [0.717, 1.165) is 65.8 Å².